The van der Waals surface area contributed by atoms with E-state index in [0.717, 1.165) is 30.6 Å². The van der Waals surface area contributed by atoms with Crippen molar-refractivity contribution in [2.45, 2.75) is 25.0 Å². The average Bonchev–Trinajstić information content (AvgIpc) is 2.45. The summed E-state index contributed by atoms with van der Waals surface area (Å²) < 4.78 is 0. The van der Waals surface area contributed by atoms with Crippen LogP contribution in [0.5, 0.6) is 0 Å². The van der Waals surface area contributed by atoms with Crippen molar-refractivity contribution in [3.63, 3.8) is 0 Å². The van der Waals surface area contributed by atoms with E-state index in [1.54, 1.807) is 6.07 Å². The van der Waals surface area contributed by atoms with Crippen LogP contribution in [-0.2, 0) is 4.79 Å². The number of anilines is 2. The predicted octanol–water partition coefficient (Wildman–Crippen LogP) is 2.42. The molecule has 0 spiro atoms. The monoisotopic (exact) mass is 293 g/mol. The zero-order valence-corrected chi connectivity index (χ0v) is 12.8. The van der Waals surface area contributed by atoms with Crippen LogP contribution >= 0.6 is 11.8 Å². The molecule has 1 atom stereocenters. The summed E-state index contributed by atoms with van der Waals surface area (Å²) in [6, 6.07) is 7.30. The topological polar surface area (TPSA) is 58.4 Å². The zero-order valence-electron chi connectivity index (χ0n) is 12.0. The molecule has 1 aromatic carbocycles. The van der Waals surface area contributed by atoms with E-state index in [2.05, 4.69) is 17.1 Å². The summed E-state index contributed by atoms with van der Waals surface area (Å²) in [5.74, 6) is 1.23. The molecule has 0 aromatic heterocycles. The Morgan fingerprint density at radius 3 is 3.15 bits per heavy atom. The highest BCUT2D eigenvalue weighted by atomic mass is 32.2. The molecule has 20 heavy (non-hydrogen) atoms. The molecule has 3 N–H and O–H groups in total. The number of rotatable bonds is 5. The Morgan fingerprint density at radius 2 is 2.40 bits per heavy atom. The van der Waals surface area contributed by atoms with E-state index in [4.69, 9.17) is 5.73 Å². The fourth-order valence-electron chi connectivity index (χ4n) is 2.33. The van der Waals surface area contributed by atoms with Crippen molar-refractivity contribution in [2.24, 2.45) is 0 Å². The molecule has 1 fully saturated rings. The molecule has 1 aromatic rings. The summed E-state index contributed by atoms with van der Waals surface area (Å²) in [6.07, 6.45) is 1.74. The fraction of sp³-hybridized carbons (Fsp3) is 0.533. The third-order valence-electron chi connectivity index (χ3n) is 3.50. The lowest BCUT2D eigenvalue weighted by Gasteiger charge is -2.31. The van der Waals surface area contributed by atoms with Crippen LogP contribution in [0.1, 0.15) is 19.8 Å². The maximum absolute atomic E-state index is 11.9. The number of hydrogen-bond donors (Lipinski definition) is 2. The molecular formula is C15H23N3OS. The molecule has 0 bridgehead atoms. The molecule has 5 heteroatoms. The van der Waals surface area contributed by atoms with Crippen molar-refractivity contribution >= 4 is 29.0 Å². The SMILES string of the molecule is CCC1CN(CCC(=O)Nc2cccc(N)c2)CCS1. The van der Waals surface area contributed by atoms with Gasteiger partial charge in [-0.1, -0.05) is 13.0 Å². The standard InChI is InChI=1S/C15H23N3OS/c1-2-14-11-18(8-9-20-14)7-6-15(19)17-13-5-3-4-12(16)10-13/h3-5,10,14H,2,6-9,11,16H2,1H3,(H,17,19). The number of nitrogens with one attached hydrogen (secondary N) is 1. The van der Waals surface area contributed by atoms with Crippen molar-refractivity contribution in [2.75, 3.05) is 36.4 Å². The van der Waals surface area contributed by atoms with Crippen LogP contribution in [0.2, 0.25) is 0 Å². The smallest absolute Gasteiger partial charge is 0.225 e. The van der Waals surface area contributed by atoms with E-state index < -0.39 is 0 Å². The second-order valence-electron chi connectivity index (χ2n) is 5.13. The quantitative estimate of drug-likeness (QED) is 0.819. The van der Waals surface area contributed by atoms with E-state index in [0.29, 0.717) is 12.1 Å². The lowest BCUT2D eigenvalue weighted by Crippen LogP contribution is -2.39. The number of benzene rings is 1. The highest BCUT2D eigenvalue weighted by molar-refractivity contribution is 8.00. The summed E-state index contributed by atoms with van der Waals surface area (Å²) in [5, 5.41) is 3.62. The number of hydrogen-bond acceptors (Lipinski definition) is 4. The molecule has 1 unspecified atom stereocenters. The Morgan fingerprint density at radius 1 is 1.55 bits per heavy atom. The van der Waals surface area contributed by atoms with Crippen LogP contribution in [0.25, 0.3) is 0 Å². The molecule has 1 aliphatic heterocycles. The zero-order chi connectivity index (χ0) is 14.4. The summed E-state index contributed by atoms with van der Waals surface area (Å²) in [5.41, 5.74) is 7.14. The lowest BCUT2D eigenvalue weighted by molar-refractivity contribution is -0.116. The van der Waals surface area contributed by atoms with Crippen LogP contribution in [-0.4, -0.2) is 41.4 Å². The number of carbonyl (C=O) groups is 1. The molecule has 110 valence electrons. The van der Waals surface area contributed by atoms with Crippen LogP contribution in [0, 0.1) is 0 Å². The van der Waals surface area contributed by atoms with Crippen LogP contribution in [0.15, 0.2) is 24.3 Å². The Balaban J connectivity index is 1.75. The molecule has 0 saturated carbocycles. The van der Waals surface area contributed by atoms with E-state index in [1.807, 2.05) is 30.0 Å². The van der Waals surface area contributed by atoms with Gasteiger partial charge in [0.15, 0.2) is 0 Å². The second-order valence-corrected chi connectivity index (χ2v) is 6.53. The van der Waals surface area contributed by atoms with Gasteiger partial charge in [-0.2, -0.15) is 11.8 Å². The van der Waals surface area contributed by atoms with Gasteiger partial charge in [-0.05, 0) is 24.6 Å². The van der Waals surface area contributed by atoms with E-state index in [9.17, 15) is 4.79 Å². The number of nitrogens with two attached hydrogens (primary N) is 1. The van der Waals surface area contributed by atoms with Gasteiger partial charge in [0.05, 0.1) is 0 Å². The molecule has 2 rings (SSSR count). The molecular weight excluding hydrogens is 270 g/mol. The van der Waals surface area contributed by atoms with Crippen molar-refractivity contribution in [1.82, 2.24) is 4.90 Å². The first kappa shape index (κ1) is 15.2. The largest absolute Gasteiger partial charge is 0.399 e. The molecule has 1 heterocycles. The van der Waals surface area contributed by atoms with Gasteiger partial charge in [0.25, 0.3) is 0 Å². The number of carbonyl (C=O) groups excluding carboxylic acids is 1. The van der Waals surface area contributed by atoms with Crippen molar-refractivity contribution < 1.29 is 4.79 Å². The molecule has 1 saturated heterocycles. The fourth-order valence-corrected chi connectivity index (χ4v) is 3.58. The minimum absolute atomic E-state index is 0.0573. The normalized spacial score (nSPS) is 19.8. The van der Waals surface area contributed by atoms with Crippen molar-refractivity contribution in [1.29, 1.82) is 0 Å². The first-order valence-corrected chi connectivity index (χ1v) is 8.21. The number of nitrogens with zero attached hydrogens (tertiary/aromatic N) is 1. The third kappa shape index (κ3) is 4.72. The maximum Gasteiger partial charge on any atom is 0.225 e. The van der Waals surface area contributed by atoms with Crippen molar-refractivity contribution in [3.05, 3.63) is 24.3 Å². The van der Waals surface area contributed by atoms with Gasteiger partial charge in [0.1, 0.15) is 0 Å². The summed E-state index contributed by atoms with van der Waals surface area (Å²) >= 11 is 2.05. The van der Waals surface area contributed by atoms with Gasteiger partial charge in [0.2, 0.25) is 5.91 Å². The number of amides is 1. The van der Waals surface area contributed by atoms with E-state index >= 15 is 0 Å². The highest BCUT2D eigenvalue weighted by Crippen LogP contribution is 2.21. The van der Waals surface area contributed by atoms with E-state index in [-0.39, 0.29) is 5.91 Å². The Kier molecular flexibility index (Phi) is 5.73. The van der Waals surface area contributed by atoms with Gasteiger partial charge in [-0.25, -0.2) is 0 Å². The molecule has 1 amide bonds. The number of nitrogen functional groups attached to an aromatic ring is 1. The molecule has 0 aliphatic carbocycles. The summed E-state index contributed by atoms with van der Waals surface area (Å²) in [4.78, 5) is 14.3. The van der Waals surface area contributed by atoms with Crippen LogP contribution in [0.3, 0.4) is 0 Å². The van der Waals surface area contributed by atoms with Gasteiger partial charge >= 0.3 is 0 Å². The first-order valence-electron chi connectivity index (χ1n) is 7.16. The lowest BCUT2D eigenvalue weighted by atomic mass is 10.2. The predicted molar refractivity (Wildman–Crippen MR) is 87.1 cm³/mol. The number of thioether (sulfide) groups is 1. The first-order chi connectivity index (χ1) is 9.67. The van der Waals surface area contributed by atoms with Gasteiger partial charge in [-0.3, -0.25) is 4.79 Å². The van der Waals surface area contributed by atoms with Gasteiger partial charge in [0, 0.05) is 48.4 Å². The Hall–Kier alpha value is -1.20. The molecule has 4 nitrogen and oxygen atoms in total. The minimum Gasteiger partial charge on any atom is -0.399 e. The van der Waals surface area contributed by atoms with Crippen LogP contribution < -0.4 is 11.1 Å². The maximum atomic E-state index is 11.9. The average molecular weight is 293 g/mol. The minimum atomic E-state index is 0.0573. The van der Waals surface area contributed by atoms with Crippen molar-refractivity contribution in [3.8, 4) is 0 Å². The third-order valence-corrected chi connectivity index (χ3v) is 4.88. The Labute approximate surface area is 125 Å². The second kappa shape index (κ2) is 7.55. The summed E-state index contributed by atoms with van der Waals surface area (Å²) in [6.45, 7) is 5.26. The van der Waals surface area contributed by atoms with Gasteiger partial charge in [-0.15, -0.1) is 0 Å². The molecule has 1 aliphatic rings. The highest BCUT2D eigenvalue weighted by Gasteiger charge is 2.19. The Bertz CT molecular complexity index is 452. The molecule has 0 radical (unpaired) electrons. The van der Waals surface area contributed by atoms with Crippen LogP contribution in [0.4, 0.5) is 11.4 Å². The summed E-state index contributed by atoms with van der Waals surface area (Å²) in [7, 11) is 0. The van der Waals surface area contributed by atoms with E-state index in [1.165, 1.54) is 12.2 Å². The van der Waals surface area contributed by atoms with Gasteiger partial charge < -0.3 is 16.0 Å².